The lowest BCUT2D eigenvalue weighted by Crippen LogP contribution is -2.40. The summed E-state index contributed by atoms with van der Waals surface area (Å²) in [6.45, 7) is 2.74. The standard InChI is InChI=1S/C19H24N4O/c24-19(17-6-2-1-3-7-17)22-10-4-5-16(13-22)11-18-21-20-14-23(18)12-15-8-9-15/h1-3,6-7,14-16H,4-5,8-13H2. The molecule has 1 saturated heterocycles. The minimum atomic E-state index is 0.153. The summed E-state index contributed by atoms with van der Waals surface area (Å²) in [4.78, 5) is 14.7. The molecule has 0 N–H and O–H groups in total. The average molecular weight is 324 g/mol. The van der Waals surface area contributed by atoms with E-state index in [0.717, 1.165) is 56.2 Å². The second kappa shape index (κ2) is 6.75. The fourth-order valence-corrected chi connectivity index (χ4v) is 3.61. The highest BCUT2D eigenvalue weighted by atomic mass is 16.2. The Hall–Kier alpha value is -2.17. The third kappa shape index (κ3) is 3.50. The van der Waals surface area contributed by atoms with E-state index in [1.165, 1.54) is 12.8 Å². The van der Waals surface area contributed by atoms with Crippen LogP contribution in [-0.2, 0) is 13.0 Å². The third-order valence-electron chi connectivity index (χ3n) is 5.15. The number of nitrogens with zero attached hydrogens (tertiary/aromatic N) is 4. The number of likely N-dealkylation sites (tertiary alicyclic amines) is 1. The Morgan fingerprint density at radius 2 is 1.96 bits per heavy atom. The van der Waals surface area contributed by atoms with Crippen LogP contribution < -0.4 is 0 Å². The highest BCUT2D eigenvalue weighted by molar-refractivity contribution is 5.94. The molecule has 0 radical (unpaired) electrons. The number of piperidine rings is 1. The van der Waals surface area contributed by atoms with Gasteiger partial charge in [0.2, 0.25) is 0 Å². The van der Waals surface area contributed by atoms with Crippen molar-refractivity contribution in [1.82, 2.24) is 19.7 Å². The first-order valence-corrected chi connectivity index (χ1v) is 9.00. The van der Waals surface area contributed by atoms with Gasteiger partial charge in [-0.05, 0) is 49.7 Å². The van der Waals surface area contributed by atoms with Crippen molar-refractivity contribution in [3.8, 4) is 0 Å². The van der Waals surface area contributed by atoms with E-state index in [9.17, 15) is 4.79 Å². The second-order valence-electron chi connectivity index (χ2n) is 7.17. The lowest BCUT2D eigenvalue weighted by Gasteiger charge is -2.32. The maximum Gasteiger partial charge on any atom is 0.253 e. The number of amides is 1. The van der Waals surface area contributed by atoms with Crippen LogP contribution in [0.1, 0.15) is 41.9 Å². The first-order chi connectivity index (χ1) is 11.8. The smallest absolute Gasteiger partial charge is 0.253 e. The van der Waals surface area contributed by atoms with E-state index in [1.807, 2.05) is 41.6 Å². The van der Waals surface area contributed by atoms with E-state index in [2.05, 4.69) is 14.8 Å². The van der Waals surface area contributed by atoms with Crippen molar-refractivity contribution in [2.75, 3.05) is 13.1 Å². The molecule has 1 atom stereocenters. The van der Waals surface area contributed by atoms with Gasteiger partial charge in [-0.25, -0.2) is 0 Å². The molecule has 1 unspecified atom stereocenters. The molecule has 1 amide bonds. The molecule has 2 heterocycles. The normalized spacial score (nSPS) is 21.0. The van der Waals surface area contributed by atoms with Gasteiger partial charge in [0.1, 0.15) is 12.2 Å². The molecule has 1 aliphatic carbocycles. The molecule has 5 heteroatoms. The van der Waals surface area contributed by atoms with Crippen LogP contribution in [0.5, 0.6) is 0 Å². The number of carbonyl (C=O) groups excluding carboxylic acids is 1. The van der Waals surface area contributed by atoms with Crippen molar-refractivity contribution in [3.05, 3.63) is 48.0 Å². The fraction of sp³-hybridized carbons (Fsp3) is 0.526. The zero-order valence-corrected chi connectivity index (χ0v) is 14.0. The van der Waals surface area contributed by atoms with Crippen molar-refractivity contribution in [2.45, 2.75) is 38.6 Å². The summed E-state index contributed by atoms with van der Waals surface area (Å²) in [7, 11) is 0. The largest absolute Gasteiger partial charge is 0.338 e. The van der Waals surface area contributed by atoms with Crippen LogP contribution in [-0.4, -0.2) is 38.7 Å². The van der Waals surface area contributed by atoms with Gasteiger partial charge < -0.3 is 9.47 Å². The van der Waals surface area contributed by atoms with E-state index in [0.29, 0.717) is 5.92 Å². The van der Waals surface area contributed by atoms with Crippen molar-refractivity contribution < 1.29 is 4.79 Å². The zero-order chi connectivity index (χ0) is 16.4. The van der Waals surface area contributed by atoms with Crippen LogP contribution >= 0.6 is 0 Å². The molecule has 0 bridgehead atoms. The molecule has 1 aromatic heterocycles. The molecular weight excluding hydrogens is 300 g/mol. The summed E-state index contributed by atoms with van der Waals surface area (Å²) in [5, 5.41) is 8.43. The van der Waals surface area contributed by atoms with Crippen LogP contribution in [0.4, 0.5) is 0 Å². The number of hydrogen-bond acceptors (Lipinski definition) is 3. The highest BCUT2D eigenvalue weighted by Gasteiger charge is 2.27. The highest BCUT2D eigenvalue weighted by Crippen LogP contribution is 2.31. The fourth-order valence-electron chi connectivity index (χ4n) is 3.61. The Labute approximate surface area is 142 Å². The Balaban J connectivity index is 1.40. The molecule has 1 aliphatic heterocycles. The molecule has 5 nitrogen and oxygen atoms in total. The van der Waals surface area contributed by atoms with E-state index in [1.54, 1.807) is 0 Å². The monoisotopic (exact) mass is 324 g/mol. The number of benzene rings is 1. The number of carbonyl (C=O) groups is 1. The molecule has 2 fully saturated rings. The third-order valence-corrected chi connectivity index (χ3v) is 5.15. The molecule has 1 aromatic carbocycles. The second-order valence-corrected chi connectivity index (χ2v) is 7.17. The lowest BCUT2D eigenvalue weighted by atomic mass is 9.94. The predicted molar refractivity (Wildman–Crippen MR) is 91.5 cm³/mol. The summed E-state index contributed by atoms with van der Waals surface area (Å²) < 4.78 is 2.22. The van der Waals surface area contributed by atoms with E-state index < -0.39 is 0 Å². The van der Waals surface area contributed by atoms with Gasteiger partial charge in [0.05, 0.1) is 0 Å². The van der Waals surface area contributed by atoms with Gasteiger partial charge >= 0.3 is 0 Å². The SMILES string of the molecule is O=C(c1ccccc1)N1CCCC(Cc2nncn2CC2CC2)C1. The zero-order valence-electron chi connectivity index (χ0n) is 14.0. The molecule has 0 spiro atoms. The maximum absolute atomic E-state index is 12.7. The van der Waals surface area contributed by atoms with Crippen molar-refractivity contribution in [2.24, 2.45) is 11.8 Å². The van der Waals surface area contributed by atoms with Gasteiger partial charge in [0.15, 0.2) is 0 Å². The van der Waals surface area contributed by atoms with Gasteiger partial charge in [-0.2, -0.15) is 0 Å². The summed E-state index contributed by atoms with van der Waals surface area (Å²) in [5.41, 5.74) is 0.787. The Kier molecular flexibility index (Phi) is 4.32. The van der Waals surface area contributed by atoms with Crippen LogP contribution in [0.25, 0.3) is 0 Å². The van der Waals surface area contributed by atoms with Crippen molar-refractivity contribution >= 4 is 5.91 Å². The summed E-state index contributed by atoms with van der Waals surface area (Å²) in [6, 6.07) is 9.60. The minimum Gasteiger partial charge on any atom is -0.338 e. The molecule has 4 rings (SSSR count). The Morgan fingerprint density at radius 3 is 2.75 bits per heavy atom. The molecule has 2 aliphatic rings. The average Bonchev–Trinajstić information content (AvgIpc) is 3.34. The Bertz CT molecular complexity index is 692. The van der Waals surface area contributed by atoms with Crippen LogP contribution in [0.15, 0.2) is 36.7 Å². The summed E-state index contributed by atoms with van der Waals surface area (Å²) in [5.74, 6) is 2.54. The minimum absolute atomic E-state index is 0.153. The predicted octanol–water partition coefficient (Wildman–Crippen LogP) is 2.78. The first-order valence-electron chi connectivity index (χ1n) is 9.00. The Morgan fingerprint density at radius 1 is 1.12 bits per heavy atom. The topological polar surface area (TPSA) is 51.0 Å². The van der Waals surface area contributed by atoms with Gasteiger partial charge in [0.25, 0.3) is 5.91 Å². The van der Waals surface area contributed by atoms with Crippen LogP contribution in [0, 0.1) is 11.8 Å². The van der Waals surface area contributed by atoms with Gasteiger partial charge in [-0.3, -0.25) is 4.79 Å². The van der Waals surface area contributed by atoms with Crippen LogP contribution in [0.3, 0.4) is 0 Å². The van der Waals surface area contributed by atoms with Crippen LogP contribution in [0.2, 0.25) is 0 Å². The van der Waals surface area contributed by atoms with E-state index in [4.69, 9.17) is 0 Å². The lowest BCUT2D eigenvalue weighted by molar-refractivity contribution is 0.0671. The molecular formula is C19H24N4O. The molecule has 24 heavy (non-hydrogen) atoms. The molecule has 1 saturated carbocycles. The maximum atomic E-state index is 12.7. The van der Waals surface area contributed by atoms with Gasteiger partial charge in [0, 0.05) is 31.6 Å². The van der Waals surface area contributed by atoms with E-state index in [-0.39, 0.29) is 5.91 Å². The van der Waals surface area contributed by atoms with Crippen molar-refractivity contribution in [1.29, 1.82) is 0 Å². The van der Waals surface area contributed by atoms with Gasteiger partial charge in [-0.15, -0.1) is 10.2 Å². The number of aromatic nitrogens is 3. The molecule has 126 valence electrons. The first kappa shape index (κ1) is 15.4. The van der Waals surface area contributed by atoms with Crippen molar-refractivity contribution in [3.63, 3.8) is 0 Å². The van der Waals surface area contributed by atoms with E-state index >= 15 is 0 Å². The van der Waals surface area contributed by atoms with Gasteiger partial charge in [-0.1, -0.05) is 18.2 Å². The quantitative estimate of drug-likeness (QED) is 0.850. The summed E-state index contributed by atoms with van der Waals surface area (Å²) in [6.07, 6.45) is 7.68. The number of hydrogen-bond donors (Lipinski definition) is 0. The summed E-state index contributed by atoms with van der Waals surface area (Å²) >= 11 is 0. The molecule has 2 aromatic rings. The number of rotatable bonds is 5.